The minimum Gasteiger partial charge on any atom is -0.465 e. The fourth-order valence-corrected chi connectivity index (χ4v) is 3.63. The predicted octanol–water partition coefficient (Wildman–Crippen LogP) is 3.13. The molecule has 30 heavy (non-hydrogen) atoms. The van der Waals surface area contributed by atoms with Gasteiger partial charge < -0.3 is 24.7 Å². The molecule has 0 spiro atoms. The lowest BCUT2D eigenvalue weighted by Gasteiger charge is -2.14. The Morgan fingerprint density at radius 1 is 0.767 bits per heavy atom. The van der Waals surface area contributed by atoms with Gasteiger partial charge in [0.2, 0.25) is 0 Å². The van der Waals surface area contributed by atoms with E-state index in [1.54, 1.807) is 0 Å². The number of ether oxygens (including phenoxy) is 4. The van der Waals surface area contributed by atoms with Gasteiger partial charge in [0.05, 0.1) is 33.0 Å². The van der Waals surface area contributed by atoms with E-state index in [2.05, 4.69) is 24.3 Å². The van der Waals surface area contributed by atoms with Crippen molar-refractivity contribution in [3.8, 4) is 11.1 Å². The lowest BCUT2D eigenvalue weighted by molar-refractivity contribution is -0.144. The number of fused-ring (bicyclic) bond motifs is 3. The van der Waals surface area contributed by atoms with Crippen LogP contribution >= 0.6 is 0 Å². The average molecular weight is 414 g/mol. The zero-order valence-corrected chi connectivity index (χ0v) is 17.4. The minimum absolute atomic E-state index is 0.101. The quantitative estimate of drug-likeness (QED) is 0.379. The van der Waals surface area contributed by atoms with Gasteiger partial charge in [-0.05, 0) is 28.7 Å². The first kappa shape index (κ1) is 22.4. The number of benzene rings is 2. The highest BCUT2D eigenvalue weighted by Crippen LogP contribution is 2.44. The Morgan fingerprint density at radius 2 is 1.30 bits per heavy atom. The molecule has 0 radical (unpaired) electrons. The monoisotopic (exact) mass is 413 g/mol. The van der Waals surface area contributed by atoms with E-state index >= 15 is 0 Å². The summed E-state index contributed by atoms with van der Waals surface area (Å²) in [6, 6.07) is 16.7. The molecule has 1 aliphatic rings. The van der Waals surface area contributed by atoms with Crippen molar-refractivity contribution in [2.45, 2.75) is 18.8 Å². The molecule has 0 aromatic heterocycles. The van der Waals surface area contributed by atoms with E-state index in [-0.39, 0.29) is 11.9 Å². The van der Waals surface area contributed by atoms with E-state index in [1.807, 2.05) is 24.3 Å². The maximum absolute atomic E-state index is 12.2. The van der Waals surface area contributed by atoms with Gasteiger partial charge >= 0.3 is 5.97 Å². The SMILES string of the molecule is NCCOCCOCCOCCCC(=O)OCC1c2ccccc2-c2ccccc21. The fourth-order valence-electron chi connectivity index (χ4n) is 3.63. The zero-order chi connectivity index (χ0) is 21.0. The molecule has 3 rings (SSSR count). The molecule has 0 unspecified atom stereocenters. The zero-order valence-electron chi connectivity index (χ0n) is 17.4. The van der Waals surface area contributed by atoms with Crippen molar-refractivity contribution >= 4 is 5.97 Å². The van der Waals surface area contributed by atoms with Gasteiger partial charge in [-0.1, -0.05) is 48.5 Å². The molecule has 162 valence electrons. The second-order valence-corrected chi connectivity index (χ2v) is 7.14. The van der Waals surface area contributed by atoms with E-state index in [9.17, 15) is 4.79 Å². The second kappa shape index (κ2) is 12.4. The molecule has 0 aliphatic heterocycles. The highest BCUT2D eigenvalue weighted by atomic mass is 16.5. The standard InChI is InChI=1S/C24H31NO5/c25-11-13-28-15-17-29-16-14-27-12-5-10-24(26)30-18-23-21-8-3-1-6-19(21)20-7-2-4-9-22(20)23/h1-4,6-9,23H,5,10-18,25H2. The highest BCUT2D eigenvalue weighted by molar-refractivity contribution is 5.79. The number of hydrogen-bond acceptors (Lipinski definition) is 6. The van der Waals surface area contributed by atoms with E-state index in [4.69, 9.17) is 24.7 Å². The van der Waals surface area contributed by atoms with Crippen molar-refractivity contribution in [3.05, 3.63) is 59.7 Å². The van der Waals surface area contributed by atoms with Crippen molar-refractivity contribution in [2.75, 3.05) is 52.8 Å². The summed E-state index contributed by atoms with van der Waals surface area (Å²) in [5, 5.41) is 0. The van der Waals surface area contributed by atoms with Gasteiger partial charge in [-0.15, -0.1) is 0 Å². The molecule has 6 heteroatoms. The molecule has 2 aromatic carbocycles. The molecule has 0 saturated carbocycles. The first-order chi connectivity index (χ1) is 14.8. The molecule has 2 aromatic rings. The van der Waals surface area contributed by atoms with Crippen LogP contribution in [0.1, 0.15) is 29.9 Å². The summed E-state index contributed by atoms with van der Waals surface area (Å²) in [6.45, 7) is 4.04. The summed E-state index contributed by atoms with van der Waals surface area (Å²) in [6.07, 6.45) is 0.986. The third kappa shape index (κ3) is 6.37. The van der Waals surface area contributed by atoms with Crippen molar-refractivity contribution in [3.63, 3.8) is 0 Å². The smallest absolute Gasteiger partial charge is 0.305 e. The van der Waals surface area contributed by atoms with Gasteiger partial charge in [0.25, 0.3) is 0 Å². The predicted molar refractivity (Wildman–Crippen MR) is 115 cm³/mol. The van der Waals surface area contributed by atoms with Crippen LogP contribution in [-0.4, -0.2) is 58.8 Å². The normalized spacial score (nSPS) is 12.6. The Kier molecular flexibility index (Phi) is 9.31. The molecule has 0 amide bonds. The van der Waals surface area contributed by atoms with E-state index < -0.39 is 0 Å². The van der Waals surface area contributed by atoms with Crippen LogP contribution in [0.2, 0.25) is 0 Å². The summed E-state index contributed by atoms with van der Waals surface area (Å²) in [7, 11) is 0. The van der Waals surface area contributed by atoms with Gasteiger partial charge in [0.1, 0.15) is 6.61 Å². The maximum atomic E-state index is 12.2. The van der Waals surface area contributed by atoms with Gasteiger partial charge in [-0.3, -0.25) is 4.79 Å². The van der Waals surface area contributed by atoms with Crippen LogP contribution in [0.4, 0.5) is 0 Å². The van der Waals surface area contributed by atoms with Crippen molar-refractivity contribution < 1.29 is 23.7 Å². The summed E-state index contributed by atoms with van der Waals surface area (Å²) in [5.41, 5.74) is 10.2. The molecule has 0 atom stereocenters. The van der Waals surface area contributed by atoms with Crippen LogP contribution in [0.3, 0.4) is 0 Å². The third-order valence-corrected chi connectivity index (χ3v) is 5.05. The second-order valence-electron chi connectivity index (χ2n) is 7.14. The molecular weight excluding hydrogens is 382 g/mol. The topological polar surface area (TPSA) is 80.0 Å². The van der Waals surface area contributed by atoms with E-state index in [0.29, 0.717) is 65.6 Å². The van der Waals surface area contributed by atoms with Crippen LogP contribution in [0, 0.1) is 0 Å². The van der Waals surface area contributed by atoms with Crippen LogP contribution in [0.25, 0.3) is 11.1 Å². The maximum Gasteiger partial charge on any atom is 0.305 e. The molecule has 2 N–H and O–H groups in total. The lowest BCUT2D eigenvalue weighted by Crippen LogP contribution is -2.14. The molecule has 6 nitrogen and oxygen atoms in total. The first-order valence-electron chi connectivity index (χ1n) is 10.6. The Morgan fingerprint density at radius 3 is 1.90 bits per heavy atom. The Balaban J connectivity index is 1.30. The number of rotatable bonds is 14. The van der Waals surface area contributed by atoms with Crippen LogP contribution in [-0.2, 0) is 23.7 Å². The number of esters is 1. The van der Waals surface area contributed by atoms with E-state index in [1.165, 1.54) is 22.3 Å². The summed E-state index contributed by atoms with van der Waals surface area (Å²) in [5.74, 6) is -0.0858. The Bertz CT molecular complexity index is 749. The third-order valence-electron chi connectivity index (χ3n) is 5.05. The molecule has 0 fully saturated rings. The highest BCUT2D eigenvalue weighted by Gasteiger charge is 2.28. The molecule has 0 heterocycles. The van der Waals surface area contributed by atoms with Crippen molar-refractivity contribution in [1.82, 2.24) is 0 Å². The Labute approximate surface area is 178 Å². The minimum atomic E-state index is -0.186. The van der Waals surface area contributed by atoms with Gasteiger partial charge in [-0.25, -0.2) is 0 Å². The summed E-state index contributed by atoms with van der Waals surface area (Å²) >= 11 is 0. The fraction of sp³-hybridized carbons (Fsp3) is 0.458. The molecule has 0 bridgehead atoms. The molecular formula is C24H31NO5. The average Bonchev–Trinajstić information content (AvgIpc) is 3.10. The number of carbonyl (C=O) groups excluding carboxylic acids is 1. The van der Waals surface area contributed by atoms with Gasteiger partial charge in [-0.2, -0.15) is 0 Å². The molecule has 0 saturated heterocycles. The first-order valence-corrected chi connectivity index (χ1v) is 10.6. The van der Waals surface area contributed by atoms with E-state index in [0.717, 1.165) is 0 Å². The van der Waals surface area contributed by atoms with Crippen LogP contribution < -0.4 is 5.73 Å². The number of hydrogen-bond donors (Lipinski definition) is 1. The van der Waals surface area contributed by atoms with Gasteiger partial charge in [0, 0.05) is 25.5 Å². The lowest BCUT2D eigenvalue weighted by atomic mass is 9.98. The number of carbonyl (C=O) groups is 1. The van der Waals surface area contributed by atoms with Crippen molar-refractivity contribution in [1.29, 1.82) is 0 Å². The molecule has 1 aliphatic carbocycles. The Hall–Kier alpha value is -2.25. The number of nitrogens with two attached hydrogens (primary N) is 1. The summed E-state index contributed by atoms with van der Waals surface area (Å²) in [4.78, 5) is 12.2. The summed E-state index contributed by atoms with van der Waals surface area (Å²) < 4.78 is 21.7. The van der Waals surface area contributed by atoms with Crippen LogP contribution in [0.5, 0.6) is 0 Å². The van der Waals surface area contributed by atoms with Crippen LogP contribution in [0.15, 0.2) is 48.5 Å². The van der Waals surface area contributed by atoms with Crippen molar-refractivity contribution in [2.24, 2.45) is 5.73 Å². The van der Waals surface area contributed by atoms with Gasteiger partial charge in [0.15, 0.2) is 0 Å². The largest absolute Gasteiger partial charge is 0.465 e.